The SMILES string of the molecule is CSCCC(NC(=O)C(CC(N)=O)NC(=O)C(N)CO)C(=O)NC(CCC(N)=O)C(=O)O. The van der Waals surface area contributed by atoms with Gasteiger partial charge in [-0.15, -0.1) is 0 Å². The number of rotatable bonds is 16. The smallest absolute Gasteiger partial charge is 0.326 e. The van der Waals surface area contributed by atoms with Crippen molar-refractivity contribution in [3.8, 4) is 0 Å². The highest BCUT2D eigenvalue weighted by molar-refractivity contribution is 7.98. The van der Waals surface area contributed by atoms with Crippen molar-refractivity contribution < 1.29 is 39.0 Å². The molecule has 0 saturated carbocycles. The van der Waals surface area contributed by atoms with Gasteiger partial charge in [0.2, 0.25) is 29.5 Å². The Morgan fingerprint density at radius 1 is 0.844 bits per heavy atom. The third-order valence-electron chi connectivity index (χ3n) is 4.11. The third-order valence-corrected chi connectivity index (χ3v) is 4.75. The highest BCUT2D eigenvalue weighted by Crippen LogP contribution is 2.05. The van der Waals surface area contributed by atoms with E-state index in [4.69, 9.17) is 22.3 Å². The lowest BCUT2D eigenvalue weighted by Gasteiger charge is -2.24. The summed E-state index contributed by atoms with van der Waals surface area (Å²) in [6.07, 6.45) is 0.698. The number of nitrogens with one attached hydrogen (secondary N) is 3. The van der Waals surface area contributed by atoms with E-state index in [1.54, 1.807) is 6.26 Å². The van der Waals surface area contributed by atoms with Crippen molar-refractivity contribution in [3.63, 3.8) is 0 Å². The van der Waals surface area contributed by atoms with Crippen LogP contribution in [0.2, 0.25) is 0 Å². The Morgan fingerprint density at radius 3 is 1.84 bits per heavy atom. The number of thioether (sulfide) groups is 1. The number of carboxylic acid groups (broad SMARTS) is 1. The molecular formula is C17H30N6O8S. The number of primary amides is 2. The molecule has 0 saturated heterocycles. The van der Waals surface area contributed by atoms with Gasteiger partial charge in [-0.05, 0) is 24.9 Å². The van der Waals surface area contributed by atoms with Crippen molar-refractivity contribution in [1.29, 1.82) is 0 Å². The van der Waals surface area contributed by atoms with Crippen LogP contribution in [0.1, 0.15) is 25.7 Å². The number of amides is 5. The zero-order valence-electron chi connectivity index (χ0n) is 17.5. The Kier molecular flexibility index (Phi) is 13.6. The maximum atomic E-state index is 12.6. The second-order valence-corrected chi connectivity index (χ2v) is 7.75. The average molecular weight is 479 g/mol. The summed E-state index contributed by atoms with van der Waals surface area (Å²) in [5, 5.41) is 25.0. The minimum Gasteiger partial charge on any atom is -0.480 e. The van der Waals surface area contributed by atoms with Crippen LogP contribution in [0, 0.1) is 0 Å². The zero-order chi connectivity index (χ0) is 24.8. The molecule has 5 amide bonds. The zero-order valence-corrected chi connectivity index (χ0v) is 18.4. The average Bonchev–Trinajstić information content (AvgIpc) is 2.71. The Labute approximate surface area is 188 Å². The third kappa shape index (κ3) is 11.5. The predicted octanol–water partition coefficient (Wildman–Crippen LogP) is -4.26. The normalized spacial score (nSPS) is 14.3. The standard InChI is InChI=1S/C17H30N6O8S/c1-32-5-4-9(15(28)22-10(17(30)31)2-3-12(19)25)21-16(29)11(6-13(20)26)23-14(27)8(18)7-24/h8-11,24H,2-7,18H2,1H3,(H2,19,25)(H2,20,26)(H,21,29)(H,22,28)(H,23,27)(H,30,31). The molecule has 11 N–H and O–H groups in total. The van der Waals surface area contributed by atoms with E-state index in [1.165, 1.54) is 11.8 Å². The number of aliphatic carboxylic acids is 1. The van der Waals surface area contributed by atoms with E-state index >= 15 is 0 Å². The first-order valence-electron chi connectivity index (χ1n) is 9.48. The summed E-state index contributed by atoms with van der Waals surface area (Å²) < 4.78 is 0. The van der Waals surface area contributed by atoms with Crippen LogP contribution in [0.4, 0.5) is 0 Å². The molecule has 0 aromatic rings. The van der Waals surface area contributed by atoms with E-state index in [-0.39, 0.29) is 19.3 Å². The Morgan fingerprint density at radius 2 is 1.38 bits per heavy atom. The lowest BCUT2D eigenvalue weighted by Crippen LogP contribution is -2.58. The van der Waals surface area contributed by atoms with Gasteiger partial charge in [-0.3, -0.25) is 24.0 Å². The number of hydrogen-bond donors (Lipinski definition) is 8. The largest absolute Gasteiger partial charge is 0.480 e. The monoisotopic (exact) mass is 478 g/mol. The number of aliphatic hydroxyl groups is 1. The van der Waals surface area contributed by atoms with Crippen molar-refractivity contribution in [3.05, 3.63) is 0 Å². The van der Waals surface area contributed by atoms with Gasteiger partial charge in [0, 0.05) is 6.42 Å². The van der Waals surface area contributed by atoms with E-state index < -0.39 is 72.7 Å². The number of carbonyl (C=O) groups is 6. The molecule has 32 heavy (non-hydrogen) atoms. The molecule has 0 heterocycles. The Balaban J connectivity index is 5.43. The molecule has 0 radical (unpaired) electrons. The summed E-state index contributed by atoms with van der Waals surface area (Å²) in [5.41, 5.74) is 15.5. The van der Waals surface area contributed by atoms with Gasteiger partial charge < -0.3 is 43.4 Å². The minimum atomic E-state index is -1.48. The fraction of sp³-hybridized carbons (Fsp3) is 0.647. The molecule has 0 aromatic heterocycles. The summed E-state index contributed by atoms with van der Waals surface area (Å²) in [5.74, 6) is -5.37. The molecule has 14 nitrogen and oxygen atoms in total. The first-order valence-corrected chi connectivity index (χ1v) is 10.9. The molecule has 15 heteroatoms. The number of carbonyl (C=O) groups excluding carboxylic acids is 5. The van der Waals surface area contributed by atoms with Gasteiger partial charge in [0.05, 0.1) is 13.0 Å². The summed E-state index contributed by atoms with van der Waals surface area (Å²) in [4.78, 5) is 70.7. The van der Waals surface area contributed by atoms with Crippen LogP contribution in [0.3, 0.4) is 0 Å². The number of carboxylic acids is 1. The van der Waals surface area contributed by atoms with Crippen molar-refractivity contribution >= 4 is 47.3 Å². The van der Waals surface area contributed by atoms with Gasteiger partial charge in [-0.1, -0.05) is 0 Å². The highest BCUT2D eigenvalue weighted by atomic mass is 32.2. The van der Waals surface area contributed by atoms with E-state index in [0.717, 1.165) is 0 Å². The van der Waals surface area contributed by atoms with Crippen LogP contribution < -0.4 is 33.2 Å². The quantitative estimate of drug-likeness (QED) is 0.106. The minimum absolute atomic E-state index is 0.0916. The van der Waals surface area contributed by atoms with Crippen LogP contribution in [-0.2, 0) is 28.8 Å². The molecule has 4 atom stereocenters. The topological polar surface area (TPSA) is 257 Å². The van der Waals surface area contributed by atoms with Crippen molar-refractivity contribution in [2.24, 2.45) is 17.2 Å². The number of aliphatic hydroxyl groups excluding tert-OH is 1. The molecule has 0 aliphatic heterocycles. The van der Waals surface area contributed by atoms with Crippen molar-refractivity contribution in [2.75, 3.05) is 18.6 Å². The van der Waals surface area contributed by atoms with Gasteiger partial charge in [0.1, 0.15) is 24.2 Å². The van der Waals surface area contributed by atoms with Crippen LogP contribution in [0.25, 0.3) is 0 Å². The van der Waals surface area contributed by atoms with Gasteiger partial charge in [0.15, 0.2) is 0 Å². The first-order chi connectivity index (χ1) is 14.9. The first kappa shape index (κ1) is 29.1. The van der Waals surface area contributed by atoms with Gasteiger partial charge in [0.25, 0.3) is 0 Å². The fourth-order valence-electron chi connectivity index (χ4n) is 2.37. The van der Waals surface area contributed by atoms with Gasteiger partial charge in [-0.2, -0.15) is 11.8 Å². The Hall–Kier alpha value is -2.91. The molecule has 4 unspecified atom stereocenters. The van der Waals surface area contributed by atoms with E-state index in [1.807, 2.05) is 0 Å². The maximum Gasteiger partial charge on any atom is 0.326 e. The van der Waals surface area contributed by atoms with Crippen molar-refractivity contribution in [2.45, 2.75) is 49.9 Å². The van der Waals surface area contributed by atoms with Crippen LogP contribution in [0.15, 0.2) is 0 Å². The Bertz CT molecular complexity index is 707. The van der Waals surface area contributed by atoms with Crippen LogP contribution in [-0.4, -0.2) is 88.5 Å². The maximum absolute atomic E-state index is 12.6. The molecule has 0 aliphatic rings. The molecule has 0 aromatic carbocycles. The van der Waals surface area contributed by atoms with Crippen LogP contribution >= 0.6 is 11.8 Å². The predicted molar refractivity (Wildman–Crippen MR) is 114 cm³/mol. The molecule has 0 aliphatic carbocycles. The molecular weight excluding hydrogens is 448 g/mol. The van der Waals surface area contributed by atoms with Crippen LogP contribution in [0.5, 0.6) is 0 Å². The van der Waals surface area contributed by atoms with E-state index in [9.17, 15) is 33.9 Å². The summed E-state index contributed by atoms with van der Waals surface area (Å²) in [6, 6.07) is -5.47. The molecule has 0 spiro atoms. The molecule has 182 valence electrons. The second-order valence-electron chi connectivity index (χ2n) is 6.77. The lowest BCUT2D eigenvalue weighted by molar-refractivity contribution is -0.142. The van der Waals surface area contributed by atoms with E-state index in [2.05, 4.69) is 16.0 Å². The number of nitrogens with two attached hydrogens (primary N) is 3. The molecule has 0 rings (SSSR count). The summed E-state index contributed by atoms with van der Waals surface area (Å²) >= 11 is 1.35. The molecule has 0 fully saturated rings. The van der Waals surface area contributed by atoms with Crippen molar-refractivity contribution in [1.82, 2.24) is 16.0 Å². The summed E-state index contributed by atoms with van der Waals surface area (Å²) in [6.45, 7) is -0.711. The second kappa shape index (κ2) is 15.0. The van der Waals surface area contributed by atoms with Gasteiger partial charge in [-0.25, -0.2) is 4.79 Å². The molecule has 0 bridgehead atoms. The number of hydrogen-bond acceptors (Lipinski definition) is 9. The summed E-state index contributed by atoms with van der Waals surface area (Å²) in [7, 11) is 0. The lowest BCUT2D eigenvalue weighted by atomic mass is 10.1. The fourth-order valence-corrected chi connectivity index (χ4v) is 2.84. The van der Waals surface area contributed by atoms with E-state index in [0.29, 0.717) is 5.75 Å². The highest BCUT2D eigenvalue weighted by Gasteiger charge is 2.31. The van der Waals surface area contributed by atoms with Gasteiger partial charge >= 0.3 is 5.97 Å².